The highest BCUT2D eigenvalue weighted by Crippen LogP contribution is 2.36. The van der Waals surface area contributed by atoms with Crippen molar-refractivity contribution in [3.8, 4) is 17.3 Å². The Morgan fingerprint density at radius 2 is 2.00 bits per heavy atom. The molecule has 0 radical (unpaired) electrons. The van der Waals surface area contributed by atoms with Gasteiger partial charge in [-0.25, -0.2) is 0 Å². The Hall–Kier alpha value is -2.72. The minimum atomic E-state index is -4.55. The summed E-state index contributed by atoms with van der Waals surface area (Å²) < 4.78 is 38.8. The molecular formula is C17H13ClF3N3O. The van der Waals surface area contributed by atoms with Crippen molar-refractivity contribution in [2.45, 2.75) is 6.18 Å². The highest BCUT2D eigenvalue weighted by atomic mass is 35.5. The number of carbonyl (C=O) groups excluding carboxylic acids is 1. The number of carbonyl (C=O) groups is 1. The standard InChI is InChI=1S/C17H13ClF3N3O/c1-24(2)6-5-15(25)14-7-10(9-22)16(23-14)12-8-11(17(19,20)21)3-4-13(12)18/h3-8,23H,1-2H3/b6-5+. The van der Waals surface area contributed by atoms with Gasteiger partial charge in [-0.15, -0.1) is 0 Å². The van der Waals surface area contributed by atoms with E-state index in [1.165, 1.54) is 18.3 Å². The summed E-state index contributed by atoms with van der Waals surface area (Å²) in [6.07, 6.45) is -1.75. The van der Waals surface area contributed by atoms with E-state index < -0.39 is 17.5 Å². The van der Waals surface area contributed by atoms with Gasteiger partial charge in [0, 0.05) is 37.0 Å². The molecule has 0 spiro atoms. The number of aromatic nitrogens is 1. The third-order valence-corrected chi connectivity index (χ3v) is 3.62. The first-order chi connectivity index (χ1) is 11.6. The minimum absolute atomic E-state index is 0.00341. The summed E-state index contributed by atoms with van der Waals surface area (Å²) in [7, 11) is 3.46. The molecule has 0 saturated heterocycles. The molecule has 2 rings (SSSR count). The van der Waals surface area contributed by atoms with Gasteiger partial charge in [0.05, 0.1) is 22.5 Å². The maximum absolute atomic E-state index is 12.9. The molecule has 0 aliphatic carbocycles. The molecule has 1 N–H and O–H groups in total. The van der Waals surface area contributed by atoms with Gasteiger partial charge in [-0.2, -0.15) is 18.4 Å². The zero-order valence-corrected chi connectivity index (χ0v) is 14.0. The summed E-state index contributed by atoms with van der Waals surface area (Å²) in [5, 5.41) is 9.28. The molecule has 1 heterocycles. The van der Waals surface area contributed by atoms with Crippen LogP contribution >= 0.6 is 11.6 Å². The second-order valence-electron chi connectivity index (χ2n) is 5.42. The van der Waals surface area contributed by atoms with Crippen LogP contribution in [0, 0.1) is 11.3 Å². The molecule has 1 aromatic heterocycles. The van der Waals surface area contributed by atoms with Crippen molar-refractivity contribution >= 4 is 17.4 Å². The van der Waals surface area contributed by atoms with Crippen LogP contribution in [0.15, 0.2) is 36.5 Å². The lowest BCUT2D eigenvalue weighted by molar-refractivity contribution is -0.137. The Labute approximate surface area is 147 Å². The molecule has 0 fully saturated rings. The maximum atomic E-state index is 12.9. The number of benzene rings is 1. The van der Waals surface area contributed by atoms with E-state index in [2.05, 4.69) is 4.98 Å². The number of hydrogen-bond donors (Lipinski definition) is 1. The number of nitrogens with one attached hydrogen (secondary N) is 1. The van der Waals surface area contributed by atoms with E-state index in [1.807, 2.05) is 6.07 Å². The van der Waals surface area contributed by atoms with Crippen LogP contribution < -0.4 is 0 Å². The van der Waals surface area contributed by atoms with Gasteiger partial charge in [-0.05, 0) is 24.3 Å². The number of hydrogen-bond acceptors (Lipinski definition) is 3. The van der Waals surface area contributed by atoms with Crippen LogP contribution in [0.3, 0.4) is 0 Å². The third-order valence-electron chi connectivity index (χ3n) is 3.29. The van der Waals surface area contributed by atoms with Gasteiger partial charge < -0.3 is 9.88 Å². The molecular weight excluding hydrogens is 355 g/mol. The highest BCUT2D eigenvalue weighted by Gasteiger charge is 2.31. The summed E-state index contributed by atoms with van der Waals surface area (Å²) in [6, 6.07) is 5.95. The lowest BCUT2D eigenvalue weighted by atomic mass is 10.1. The van der Waals surface area contributed by atoms with Crippen molar-refractivity contribution in [3.05, 3.63) is 58.4 Å². The minimum Gasteiger partial charge on any atom is -0.383 e. The number of rotatable bonds is 4. The molecule has 130 valence electrons. The van der Waals surface area contributed by atoms with E-state index in [0.717, 1.165) is 18.2 Å². The number of H-pyrrole nitrogens is 1. The van der Waals surface area contributed by atoms with Crippen molar-refractivity contribution in [2.75, 3.05) is 14.1 Å². The second kappa shape index (κ2) is 7.03. The van der Waals surface area contributed by atoms with Crippen molar-refractivity contribution in [1.29, 1.82) is 5.26 Å². The normalized spacial score (nSPS) is 11.6. The quantitative estimate of drug-likeness (QED) is 0.640. The molecule has 8 heteroatoms. The Kier molecular flexibility index (Phi) is 5.24. The Morgan fingerprint density at radius 3 is 2.56 bits per heavy atom. The summed E-state index contributed by atoms with van der Waals surface area (Å²) in [4.78, 5) is 16.5. The Balaban J connectivity index is 2.54. The number of alkyl halides is 3. The second-order valence-corrected chi connectivity index (χ2v) is 5.83. The lowest BCUT2D eigenvalue weighted by Crippen LogP contribution is -2.05. The van der Waals surface area contributed by atoms with Crippen molar-refractivity contribution in [3.63, 3.8) is 0 Å². The van der Waals surface area contributed by atoms with Crippen LogP contribution in [0.2, 0.25) is 5.02 Å². The van der Waals surface area contributed by atoms with Gasteiger partial charge in [0.1, 0.15) is 6.07 Å². The molecule has 0 unspecified atom stereocenters. The lowest BCUT2D eigenvalue weighted by Gasteiger charge is -2.10. The molecule has 0 aliphatic heterocycles. The van der Waals surface area contributed by atoms with Crippen LogP contribution in [0.5, 0.6) is 0 Å². The SMILES string of the molecule is CN(C)/C=C/C(=O)c1cc(C#N)c(-c2cc(C(F)(F)F)ccc2Cl)[nH]1. The van der Waals surface area contributed by atoms with Gasteiger partial charge in [0.25, 0.3) is 0 Å². The molecule has 2 aromatic rings. The van der Waals surface area contributed by atoms with Gasteiger partial charge in [-0.3, -0.25) is 4.79 Å². The van der Waals surface area contributed by atoms with Gasteiger partial charge in [0.2, 0.25) is 5.78 Å². The van der Waals surface area contributed by atoms with Crippen LogP contribution in [0.1, 0.15) is 21.6 Å². The third kappa shape index (κ3) is 4.22. The van der Waals surface area contributed by atoms with Gasteiger partial charge in [-0.1, -0.05) is 11.6 Å². The van der Waals surface area contributed by atoms with Crippen LogP contribution in [0.25, 0.3) is 11.3 Å². The van der Waals surface area contributed by atoms with Gasteiger partial charge in [0.15, 0.2) is 0 Å². The summed E-state index contributed by atoms with van der Waals surface area (Å²) in [5.41, 5.74) is -0.712. The molecule has 0 bridgehead atoms. The molecule has 0 saturated carbocycles. The van der Waals surface area contributed by atoms with Crippen LogP contribution in [-0.2, 0) is 6.18 Å². The fraction of sp³-hybridized carbons (Fsp3) is 0.176. The van der Waals surface area contributed by atoms with E-state index >= 15 is 0 Å². The van der Waals surface area contributed by atoms with Crippen LogP contribution in [0.4, 0.5) is 13.2 Å². The molecule has 0 amide bonds. The molecule has 25 heavy (non-hydrogen) atoms. The van der Waals surface area contributed by atoms with E-state index in [0.29, 0.717) is 0 Å². The predicted octanol–water partition coefficient (Wildman–Crippen LogP) is 4.48. The number of nitriles is 1. The van der Waals surface area contributed by atoms with E-state index in [4.69, 9.17) is 11.6 Å². The molecule has 1 aromatic carbocycles. The zero-order valence-electron chi connectivity index (χ0n) is 13.3. The molecule has 0 aliphatic rings. The highest BCUT2D eigenvalue weighted by molar-refractivity contribution is 6.33. The first-order valence-corrected chi connectivity index (χ1v) is 7.40. The van der Waals surface area contributed by atoms with Crippen molar-refractivity contribution < 1.29 is 18.0 Å². The first kappa shape index (κ1) is 18.6. The molecule has 4 nitrogen and oxygen atoms in total. The van der Waals surface area contributed by atoms with Crippen molar-refractivity contribution in [1.82, 2.24) is 9.88 Å². The summed E-state index contributed by atoms with van der Waals surface area (Å²) in [6.45, 7) is 0. The number of ketones is 1. The van der Waals surface area contributed by atoms with E-state index in [-0.39, 0.29) is 27.5 Å². The average molecular weight is 368 g/mol. The fourth-order valence-electron chi connectivity index (χ4n) is 2.09. The van der Waals surface area contributed by atoms with Crippen LogP contribution in [-0.4, -0.2) is 29.8 Å². The summed E-state index contributed by atoms with van der Waals surface area (Å²) in [5.74, 6) is -0.417. The maximum Gasteiger partial charge on any atom is 0.416 e. The number of aromatic amines is 1. The van der Waals surface area contributed by atoms with Gasteiger partial charge >= 0.3 is 6.18 Å². The van der Waals surface area contributed by atoms with Crippen molar-refractivity contribution in [2.24, 2.45) is 0 Å². The fourth-order valence-corrected chi connectivity index (χ4v) is 2.30. The molecule has 0 atom stereocenters. The number of nitrogens with zero attached hydrogens (tertiary/aromatic N) is 2. The first-order valence-electron chi connectivity index (χ1n) is 7.02. The number of allylic oxidation sites excluding steroid dienone is 1. The van der Waals surface area contributed by atoms with E-state index in [1.54, 1.807) is 19.0 Å². The topological polar surface area (TPSA) is 59.9 Å². The predicted molar refractivity (Wildman–Crippen MR) is 88.1 cm³/mol. The largest absolute Gasteiger partial charge is 0.416 e. The summed E-state index contributed by atoms with van der Waals surface area (Å²) >= 11 is 6.00. The number of halogens is 4. The monoisotopic (exact) mass is 367 g/mol. The smallest absolute Gasteiger partial charge is 0.383 e. The zero-order chi connectivity index (χ0) is 18.8. The Bertz CT molecular complexity index is 876. The van der Waals surface area contributed by atoms with E-state index in [9.17, 15) is 23.2 Å². The Morgan fingerprint density at radius 1 is 1.32 bits per heavy atom. The average Bonchev–Trinajstić information content (AvgIpc) is 2.96.